The van der Waals surface area contributed by atoms with Crippen LogP contribution >= 0.6 is 0 Å². The van der Waals surface area contributed by atoms with E-state index < -0.39 is 27.6 Å². The molecule has 0 radical (unpaired) electrons. The van der Waals surface area contributed by atoms with Gasteiger partial charge >= 0.3 is 0 Å². The lowest BCUT2D eigenvalue weighted by Gasteiger charge is -2.48. The molecule has 0 saturated heterocycles. The molecule has 0 bridgehead atoms. The van der Waals surface area contributed by atoms with Crippen LogP contribution in [-0.2, 0) is 14.8 Å². The van der Waals surface area contributed by atoms with E-state index >= 15 is 0 Å². The van der Waals surface area contributed by atoms with E-state index in [1.54, 1.807) is 12.1 Å². The standard InChI is InChI=1S/C36H58N4O4S/c1-8-13-23-36(24-14-9-2)35(42)34(31-27-30(39(6)7)21-22-32(31)45(43,44)38-36)28-18-17-19-29(26-28)37-33(41)20-15-16-25-40(10-3,11-4)12-5/h17-19,21-22,26-27,34-35,38H,8-16,20,23-25H2,1-7H3,(H,37,41)/t34-,35-/m1/s1. The number of benzene rings is 2. The summed E-state index contributed by atoms with van der Waals surface area (Å²) >= 11 is 0. The quantitative estimate of drug-likeness (QED) is 0.163. The number of sulfonamides is 1. The van der Waals surface area contributed by atoms with Crippen LogP contribution in [0.4, 0.5) is 11.4 Å². The molecule has 45 heavy (non-hydrogen) atoms. The van der Waals surface area contributed by atoms with Crippen molar-refractivity contribution in [1.29, 1.82) is 0 Å². The van der Waals surface area contributed by atoms with Crippen LogP contribution in [0.25, 0.3) is 0 Å². The number of hydrogen-bond acceptors (Lipinski definition) is 5. The normalized spacial score (nSPS) is 19.0. The summed E-state index contributed by atoms with van der Waals surface area (Å²) in [5.41, 5.74) is 1.56. The Morgan fingerprint density at radius 3 is 2.16 bits per heavy atom. The lowest BCUT2D eigenvalue weighted by atomic mass is 9.73. The highest BCUT2D eigenvalue weighted by Gasteiger charge is 2.44. The van der Waals surface area contributed by atoms with Gasteiger partial charge in [-0.05, 0) is 93.8 Å². The molecule has 0 saturated carbocycles. The van der Waals surface area contributed by atoms with Crippen molar-refractivity contribution in [1.82, 2.24) is 4.72 Å². The van der Waals surface area contributed by atoms with E-state index in [1.165, 1.54) is 0 Å². The van der Waals surface area contributed by atoms with Crippen LogP contribution in [0.5, 0.6) is 0 Å². The smallest absolute Gasteiger partial charge is 0.241 e. The topological polar surface area (TPSA) is 102 Å². The maximum absolute atomic E-state index is 14.9. The fourth-order valence-electron chi connectivity index (χ4n) is 6.93. The summed E-state index contributed by atoms with van der Waals surface area (Å²) in [6.07, 6.45) is 5.17. The second-order valence-electron chi connectivity index (χ2n) is 13.1. The van der Waals surface area contributed by atoms with Gasteiger partial charge in [-0.3, -0.25) is 4.79 Å². The van der Waals surface area contributed by atoms with E-state index in [0.29, 0.717) is 30.5 Å². The van der Waals surface area contributed by atoms with Gasteiger partial charge in [0.05, 0.1) is 31.1 Å². The zero-order chi connectivity index (χ0) is 33.3. The predicted molar refractivity (Wildman–Crippen MR) is 184 cm³/mol. The molecule has 0 spiro atoms. The van der Waals surface area contributed by atoms with Crippen LogP contribution in [0.2, 0.25) is 0 Å². The van der Waals surface area contributed by atoms with Crippen molar-refractivity contribution in [3.63, 3.8) is 0 Å². The van der Waals surface area contributed by atoms with Gasteiger partial charge in [0.1, 0.15) is 0 Å². The first kappa shape index (κ1) is 37.0. The molecule has 3 rings (SSSR count). The second kappa shape index (κ2) is 16.4. The summed E-state index contributed by atoms with van der Waals surface area (Å²) in [4.78, 5) is 15.1. The minimum Gasteiger partial charge on any atom is -0.850 e. The van der Waals surface area contributed by atoms with Crippen molar-refractivity contribution in [2.24, 2.45) is 0 Å². The Bertz CT molecular complexity index is 1340. The molecule has 8 nitrogen and oxygen atoms in total. The lowest BCUT2D eigenvalue weighted by Crippen LogP contribution is -2.62. The third kappa shape index (κ3) is 8.88. The van der Waals surface area contributed by atoms with Gasteiger partial charge in [0.25, 0.3) is 0 Å². The molecule has 1 heterocycles. The molecule has 2 aromatic rings. The number of amides is 1. The Kier molecular flexibility index (Phi) is 13.5. The maximum atomic E-state index is 14.9. The summed E-state index contributed by atoms with van der Waals surface area (Å²) in [6.45, 7) is 15.2. The van der Waals surface area contributed by atoms with Gasteiger partial charge in [0.2, 0.25) is 15.9 Å². The number of quaternary nitrogens is 1. The van der Waals surface area contributed by atoms with E-state index in [1.807, 2.05) is 49.3 Å². The number of carbonyl (C=O) groups is 1. The number of anilines is 2. The SMILES string of the molecule is CCCCC1(CCCC)NS(=O)(=O)c2ccc(N(C)C)cc2[C@@H](c2cccc(NC(=O)CCCC[N+](CC)(CC)CC)c2)[C@H]1[O-]. The molecule has 2 N–H and O–H groups in total. The van der Waals surface area contributed by atoms with Crippen molar-refractivity contribution >= 4 is 27.3 Å². The largest absolute Gasteiger partial charge is 0.850 e. The summed E-state index contributed by atoms with van der Waals surface area (Å²) in [5.74, 6) is -0.771. The average Bonchev–Trinajstić information content (AvgIpc) is 3.09. The summed E-state index contributed by atoms with van der Waals surface area (Å²) in [6, 6.07) is 12.8. The van der Waals surface area contributed by atoms with E-state index in [-0.39, 0.29) is 10.8 Å². The number of rotatable bonds is 17. The van der Waals surface area contributed by atoms with E-state index in [9.17, 15) is 18.3 Å². The second-order valence-corrected chi connectivity index (χ2v) is 14.8. The molecule has 0 unspecified atom stereocenters. The Morgan fingerprint density at radius 2 is 1.58 bits per heavy atom. The fraction of sp³-hybridized carbons (Fsp3) is 0.639. The number of hydrogen-bond donors (Lipinski definition) is 2. The molecule has 0 fully saturated rings. The molecule has 0 aromatic heterocycles. The van der Waals surface area contributed by atoms with Gasteiger partial charge in [-0.1, -0.05) is 57.8 Å². The van der Waals surface area contributed by atoms with E-state index in [2.05, 4.69) is 44.7 Å². The summed E-state index contributed by atoms with van der Waals surface area (Å²) in [5, 5.41) is 18.0. The molecule has 1 amide bonds. The van der Waals surface area contributed by atoms with Gasteiger partial charge in [-0.15, -0.1) is 0 Å². The van der Waals surface area contributed by atoms with Crippen LogP contribution in [0.15, 0.2) is 47.4 Å². The molecule has 2 aromatic carbocycles. The summed E-state index contributed by atoms with van der Waals surface area (Å²) in [7, 11) is -0.149. The zero-order valence-electron chi connectivity index (χ0n) is 28.8. The monoisotopic (exact) mass is 642 g/mol. The first-order valence-electron chi connectivity index (χ1n) is 17.2. The third-order valence-electron chi connectivity index (χ3n) is 10.1. The molecule has 1 aliphatic rings. The lowest BCUT2D eigenvalue weighted by molar-refractivity contribution is -0.923. The molecule has 9 heteroatoms. The Balaban J connectivity index is 1.99. The van der Waals surface area contributed by atoms with Crippen LogP contribution in [-0.4, -0.2) is 70.7 Å². The van der Waals surface area contributed by atoms with Gasteiger partial charge in [0.15, 0.2) is 0 Å². The van der Waals surface area contributed by atoms with Crippen LogP contribution in [0, 0.1) is 0 Å². The molecule has 252 valence electrons. The van der Waals surface area contributed by atoms with Crippen molar-refractivity contribution < 1.29 is 22.8 Å². The third-order valence-corrected chi connectivity index (χ3v) is 11.7. The van der Waals surface area contributed by atoms with Crippen molar-refractivity contribution in [3.05, 3.63) is 53.6 Å². The number of carbonyl (C=O) groups excluding carboxylic acids is 1. The Labute approximate surface area is 273 Å². The fourth-order valence-corrected chi connectivity index (χ4v) is 8.64. The Morgan fingerprint density at radius 1 is 0.933 bits per heavy atom. The molecular formula is C36H58N4O4S. The Hall–Kier alpha value is -2.46. The minimum absolute atomic E-state index is 0.0472. The van der Waals surface area contributed by atoms with Gasteiger partial charge in [-0.2, -0.15) is 0 Å². The van der Waals surface area contributed by atoms with Gasteiger partial charge < -0.3 is 19.8 Å². The van der Waals surface area contributed by atoms with E-state index in [4.69, 9.17) is 0 Å². The number of unbranched alkanes of at least 4 members (excludes halogenated alkanes) is 3. The van der Waals surface area contributed by atoms with Crippen molar-refractivity contribution in [2.75, 3.05) is 50.5 Å². The first-order chi connectivity index (χ1) is 21.4. The van der Waals surface area contributed by atoms with Crippen molar-refractivity contribution in [2.45, 2.75) is 115 Å². The molecule has 1 aliphatic heterocycles. The van der Waals surface area contributed by atoms with Crippen LogP contribution in [0.1, 0.15) is 109 Å². The van der Waals surface area contributed by atoms with Gasteiger partial charge in [-0.25, -0.2) is 13.1 Å². The van der Waals surface area contributed by atoms with Crippen LogP contribution < -0.4 is 20.0 Å². The minimum atomic E-state index is -3.96. The van der Waals surface area contributed by atoms with Crippen LogP contribution in [0.3, 0.4) is 0 Å². The highest BCUT2D eigenvalue weighted by Crippen LogP contribution is 2.44. The number of nitrogens with one attached hydrogen (secondary N) is 2. The molecule has 2 atom stereocenters. The van der Waals surface area contributed by atoms with Gasteiger partial charge in [0, 0.05) is 37.4 Å². The highest BCUT2D eigenvalue weighted by atomic mass is 32.2. The highest BCUT2D eigenvalue weighted by molar-refractivity contribution is 7.89. The molecular weight excluding hydrogens is 584 g/mol. The van der Waals surface area contributed by atoms with Crippen molar-refractivity contribution in [3.8, 4) is 0 Å². The van der Waals surface area contributed by atoms with E-state index in [0.717, 1.165) is 80.4 Å². The summed E-state index contributed by atoms with van der Waals surface area (Å²) < 4.78 is 32.0. The first-order valence-corrected chi connectivity index (χ1v) is 18.7. The molecule has 0 aliphatic carbocycles. The number of fused-ring (bicyclic) bond motifs is 1. The zero-order valence-corrected chi connectivity index (χ0v) is 29.6. The predicted octanol–water partition coefficient (Wildman–Crippen LogP) is 6.01. The number of nitrogens with zero attached hydrogens (tertiary/aromatic N) is 2. The maximum Gasteiger partial charge on any atom is 0.241 e. The average molecular weight is 643 g/mol.